The molecule has 3 rings (SSSR count). The second-order valence-corrected chi connectivity index (χ2v) is 9.40. The minimum Gasteiger partial charge on any atom is -0.316 e. The van der Waals surface area contributed by atoms with Gasteiger partial charge in [0.1, 0.15) is 0 Å². The van der Waals surface area contributed by atoms with Gasteiger partial charge >= 0.3 is 0 Å². The van der Waals surface area contributed by atoms with Gasteiger partial charge in [-0.3, -0.25) is 4.79 Å². The molecule has 0 unspecified atom stereocenters. The maximum Gasteiger partial charge on any atom is 0.248 e. The number of nitrogens with zero attached hydrogens (tertiary/aromatic N) is 2. The fraction of sp³-hybridized carbons (Fsp3) is 0.500. The molecular formula is C16H20N2O3S2. The molecule has 0 aromatic heterocycles. The van der Waals surface area contributed by atoms with Crippen molar-refractivity contribution in [2.24, 2.45) is 4.99 Å². The number of amidine groups is 1. The van der Waals surface area contributed by atoms with Crippen LogP contribution in [0.15, 0.2) is 29.3 Å². The summed E-state index contributed by atoms with van der Waals surface area (Å²) in [7, 11) is -3.02. The van der Waals surface area contributed by atoms with Gasteiger partial charge in [-0.15, -0.1) is 0 Å². The van der Waals surface area contributed by atoms with Crippen LogP contribution < -0.4 is 4.90 Å². The summed E-state index contributed by atoms with van der Waals surface area (Å²) in [6, 6.07) is 7.76. The fourth-order valence-corrected chi connectivity index (χ4v) is 6.88. The molecule has 0 bridgehead atoms. The molecule has 0 radical (unpaired) electrons. The van der Waals surface area contributed by atoms with E-state index in [-0.39, 0.29) is 28.7 Å². The number of rotatable bonds is 3. The number of anilines is 1. The molecule has 5 nitrogen and oxygen atoms in total. The third-order valence-electron chi connectivity index (χ3n) is 4.06. The van der Waals surface area contributed by atoms with Gasteiger partial charge in [0.25, 0.3) is 0 Å². The third-order valence-corrected chi connectivity index (χ3v) is 7.27. The van der Waals surface area contributed by atoms with E-state index in [4.69, 9.17) is 0 Å². The minimum absolute atomic E-state index is 0.0468. The van der Waals surface area contributed by atoms with Crippen molar-refractivity contribution in [3.8, 4) is 0 Å². The van der Waals surface area contributed by atoms with E-state index in [9.17, 15) is 13.2 Å². The molecule has 2 heterocycles. The first-order chi connectivity index (χ1) is 10.9. The summed E-state index contributed by atoms with van der Waals surface area (Å²) in [5.74, 6) is 0.139. The Morgan fingerprint density at radius 2 is 2.00 bits per heavy atom. The predicted octanol–water partition coefficient (Wildman–Crippen LogP) is 2.40. The van der Waals surface area contributed by atoms with Gasteiger partial charge in [-0.1, -0.05) is 36.4 Å². The van der Waals surface area contributed by atoms with Crippen LogP contribution in [0.25, 0.3) is 0 Å². The highest BCUT2D eigenvalue weighted by atomic mass is 32.2. The van der Waals surface area contributed by atoms with Crippen LogP contribution in [-0.2, 0) is 14.6 Å². The number of carbonyl (C=O) groups excluding carboxylic acids is 1. The summed E-state index contributed by atoms with van der Waals surface area (Å²) < 4.78 is 23.9. The van der Waals surface area contributed by atoms with Crippen molar-refractivity contribution in [2.45, 2.75) is 38.0 Å². The first-order valence-electron chi connectivity index (χ1n) is 7.74. The molecule has 124 valence electrons. The van der Waals surface area contributed by atoms with Crippen LogP contribution in [0, 0.1) is 6.92 Å². The SMILES string of the molecule is CCCC(=O)N=C1S[C@H]2CS(=O)(=O)C[C@@H]2N1c1ccc(C)cc1. The number of hydrogen-bond donors (Lipinski definition) is 0. The molecule has 23 heavy (non-hydrogen) atoms. The Bertz CT molecular complexity index is 741. The summed E-state index contributed by atoms with van der Waals surface area (Å²) in [6.45, 7) is 3.95. The molecule has 1 aromatic carbocycles. The molecule has 0 spiro atoms. The third kappa shape index (κ3) is 3.45. The van der Waals surface area contributed by atoms with E-state index in [1.54, 1.807) is 0 Å². The molecule has 0 N–H and O–H groups in total. The summed E-state index contributed by atoms with van der Waals surface area (Å²) in [5, 5.41) is 0.590. The number of hydrogen-bond acceptors (Lipinski definition) is 4. The number of benzene rings is 1. The predicted molar refractivity (Wildman–Crippen MR) is 94.8 cm³/mol. The minimum atomic E-state index is -3.02. The number of thioether (sulfide) groups is 1. The largest absolute Gasteiger partial charge is 0.316 e. The fourth-order valence-electron chi connectivity index (χ4n) is 2.95. The first-order valence-corrected chi connectivity index (χ1v) is 10.4. The molecule has 1 aromatic rings. The zero-order chi connectivity index (χ0) is 16.6. The average molecular weight is 352 g/mol. The second kappa shape index (κ2) is 6.28. The Labute approximate surface area is 141 Å². The Morgan fingerprint density at radius 3 is 2.65 bits per heavy atom. The standard InChI is InChI=1S/C16H20N2O3S2/c1-3-4-15(19)17-16-18(12-7-5-11(2)6-8-12)13-9-23(20,21)10-14(13)22-16/h5-8,13-14H,3-4,9-10H2,1-2H3/t13-,14-/m0/s1. The Morgan fingerprint density at radius 1 is 1.30 bits per heavy atom. The smallest absolute Gasteiger partial charge is 0.248 e. The summed E-state index contributed by atoms with van der Waals surface area (Å²) in [4.78, 5) is 18.1. The van der Waals surface area contributed by atoms with Gasteiger partial charge in [-0.25, -0.2) is 8.42 Å². The molecule has 2 fully saturated rings. The van der Waals surface area contributed by atoms with Crippen LogP contribution in [0.5, 0.6) is 0 Å². The monoisotopic (exact) mass is 352 g/mol. The van der Waals surface area contributed by atoms with E-state index in [0.29, 0.717) is 11.6 Å². The summed E-state index contributed by atoms with van der Waals surface area (Å²) in [6.07, 6.45) is 1.17. The number of aliphatic imine (C=N–C) groups is 1. The maximum atomic E-state index is 12.0. The molecule has 2 saturated heterocycles. The van der Waals surface area contributed by atoms with E-state index in [2.05, 4.69) is 4.99 Å². The zero-order valence-electron chi connectivity index (χ0n) is 13.2. The molecular weight excluding hydrogens is 332 g/mol. The molecule has 7 heteroatoms. The van der Waals surface area contributed by atoms with E-state index in [1.165, 1.54) is 11.8 Å². The Kier molecular flexibility index (Phi) is 4.51. The normalized spacial score (nSPS) is 27.4. The van der Waals surface area contributed by atoms with E-state index >= 15 is 0 Å². The van der Waals surface area contributed by atoms with Gasteiger partial charge in [0.2, 0.25) is 5.91 Å². The van der Waals surface area contributed by atoms with Gasteiger partial charge < -0.3 is 4.90 Å². The quantitative estimate of drug-likeness (QED) is 0.836. The van der Waals surface area contributed by atoms with E-state index in [1.807, 2.05) is 43.0 Å². The summed E-state index contributed by atoms with van der Waals surface area (Å²) >= 11 is 1.42. The zero-order valence-corrected chi connectivity index (χ0v) is 14.9. The maximum absolute atomic E-state index is 12.0. The van der Waals surface area contributed by atoms with Crippen LogP contribution in [0.3, 0.4) is 0 Å². The van der Waals surface area contributed by atoms with Crippen LogP contribution in [0.1, 0.15) is 25.3 Å². The average Bonchev–Trinajstić information content (AvgIpc) is 2.91. The van der Waals surface area contributed by atoms with E-state index < -0.39 is 9.84 Å². The van der Waals surface area contributed by atoms with Crippen molar-refractivity contribution >= 4 is 38.4 Å². The van der Waals surface area contributed by atoms with Crippen LogP contribution >= 0.6 is 11.8 Å². The molecule has 2 atom stereocenters. The van der Waals surface area contributed by atoms with E-state index in [0.717, 1.165) is 17.7 Å². The highest BCUT2D eigenvalue weighted by molar-refractivity contribution is 8.16. The molecule has 2 aliphatic heterocycles. The van der Waals surface area contributed by atoms with Crippen molar-refractivity contribution in [3.63, 3.8) is 0 Å². The molecule has 0 aliphatic carbocycles. The van der Waals surface area contributed by atoms with Crippen molar-refractivity contribution in [1.29, 1.82) is 0 Å². The molecule has 0 saturated carbocycles. The lowest BCUT2D eigenvalue weighted by atomic mass is 10.1. The highest BCUT2D eigenvalue weighted by Crippen LogP contribution is 2.41. The lowest BCUT2D eigenvalue weighted by Crippen LogP contribution is -2.37. The van der Waals surface area contributed by atoms with Gasteiger partial charge in [0, 0.05) is 17.4 Å². The lowest BCUT2D eigenvalue weighted by Gasteiger charge is -2.24. The number of sulfone groups is 1. The van der Waals surface area contributed by atoms with Crippen LogP contribution in [-0.4, -0.2) is 42.3 Å². The molecule has 2 aliphatic rings. The Hall–Kier alpha value is -1.34. The van der Waals surface area contributed by atoms with Crippen molar-refractivity contribution < 1.29 is 13.2 Å². The highest BCUT2D eigenvalue weighted by Gasteiger charge is 2.49. The number of amides is 1. The van der Waals surface area contributed by atoms with Crippen molar-refractivity contribution in [3.05, 3.63) is 29.8 Å². The lowest BCUT2D eigenvalue weighted by molar-refractivity contribution is -0.117. The van der Waals surface area contributed by atoms with Crippen LogP contribution in [0.4, 0.5) is 5.69 Å². The number of aryl methyl sites for hydroxylation is 1. The topological polar surface area (TPSA) is 66.8 Å². The number of fused-ring (bicyclic) bond motifs is 1. The first kappa shape index (κ1) is 16.5. The van der Waals surface area contributed by atoms with Gasteiger partial charge in [0.05, 0.1) is 17.5 Å². The van der Waals surface area contributed by atoms with Crippen LogP contribution in [0.2, 0.25) is 0 Å². The van der Waals surface area contributed by atoms with Crippen molar-refractivity contribution in [1.82, 2.24) is 0 Å². The van der Waals surface area contributed by atoms with Gasteiger partial charge in [-0.05, 0) is 25.5 Å². The number of carbonyl (C=O) groups is 1. The summed E-state index contributed by atoms with van der Waals surface area (Å²) in [5.41, 5.74) is 2.03. The van der Waals surface area contributed by atoms with Gasteiger partial charge in [0.15, 0.2) is 15.0 Å². The Balaban J connectivity index is 1.97. The van der Waals surface area contributed by atoms with Crippen molar-refractivity contribution in [2.75, 3.05) is 16.4 Å². The molecule has 1 amide bonds. The van der Waals surface area contributed by atoms with Gasteiger partial charge in [-0.2, -0.15) is 4.99 Å². The second-order valence-electron chi connectivity index (χ2n) is 6.04.